The van der Waals surface area contributed by atoms with Gasteiger partial charge in [0.25, 0.3) is 0 Å². The number of phenols is 2. The van der Waals surface area contributed by atoms with Crippen molar-refractivity contribution >= 4 is 23.2 Å². The summed E-state index contributed by atoms with van der Waals surface area (Å²) in [4.78, 5) is 41.1. The van der Waals surface area contributed by atoms with E-state index in [-0.39, 0.29) is 50.9 Å². The molecule has 0 fully saturated rings. The molecule has 34 heavy (non-hydrogen) atoms. The third-order valence-corrected chi connectivity index (χ3v) is 5.92. The van der Waals surface area contributed by atoms with Crippen LogP contribution in [0.15, 0.2) is 47.6 Å². The number of azide groups is 1. The largest absolute Gasteiger partial charge is 0.508 e. The molecule has 10 heteroatoms. The van der Waals surface area contributed by atoms with Crippen LogP contribution in [-0.2, 0) is 10.3 Å². The first kappa shape index (κ1) is 21.0. The number of hydrogen-bond donors (Lipinski definition) is 2. The van der Waals surface area contributed by atoms with Gasteiger partial charge >= 0.3 is 5.97 Å². The van der Waals surface area contributed by atoms with Crippen molar-refractivity contribution in [2.24, 2.45) is 5.11 Å². The minimum atomic E-state index is -1.67. The van der Waals surface area contributed by atoms with Gasteiger partial charge in [-0.2, -0.15) is 0 Å². The molecule has 0 unspecified atom stereocenters. The van der Waals surface area contributed by atoms with Crippen LogP contribution in [-0.4, -0.2) is 27.7 Å². The quantitative estimate of drug-likeness (QED) is 0.184. The van der Waals surface area contributed by atoms with Gasteiger partial charge in [-0.3, -0.25) is 9.59 Å². The van der Waals surface area contributed by atoms with Crippen molar-refractivity contribution in [3.63, 3.8) is 0 Å². The average Bonchev–Trinajstić information content (AvgIpc) is 3.05. The van der Waals surface area contributed by atoms with E-state index >= 15 is 0 Å². The highest BCUT2D eigenvalue weighted by Crippen LogP contribution is 2.58. The summed E-state index contributed by atoms with van der Waals surface area (Å²) in [6.07, 6.45) is 0. The second-order valence-corrected chi connectivity index (χ2v) is 7.91. The molecule has 2 aliphatic heterocycles. The first-order valence-electron chi connectivity index (χ1n) is 10.1. The number of carbonyl (C=O) groups excluding carboxylic acids is 3. The summed E-state index contributed by atoms with van der Waals surface area (Å²) in [5, 5.41) is 23.7. The second kappa shape index (κ2) is 7.09. The number of ether oxygens (including phenoxy) is 2. The van der Waals surface area contributed by atoms with Crippen LogP contribution in [0, 0.1) is 0 Å². The molecule has 3 aromatic rings. The van der Waals surface area contributed by atoms with Crippen molar-refractivity contribution in [3.05, 3.63) is 86.3 Å². The molecule has 0 aliphatic carbocycles. The summed E-state index contributed by atoms with van der Waals surface area (Å²) in [7, 11) is 0. The molecule has 0 aromatic heterocycles. The zero-order valence-electron chi connectivity index (χ0n) is 17.8. The van der Waals surface area contributed by atoms with Crippen LogP contribution in [0.25, 0.3) is 10.4 Å². The van der Waals surface area contributed by atoms with E-state index in [9.17, 15) is 30.1 Å². The first-order valence-corrected chi connectivity index (χ1v) is 10.1. The number of hydrogen-bond acceptors (Lipinski definition) is 8. The predicted octanol–water partition coefficient (Wildman–Crippen LogP) is 5.01. The Kier molecular flexibility index (Phi) is 4.39. The molecule has 0 radical (unpaired) electrons. The third-order valence-electron chi connectivity index (χ3n) is 5.92. The lowest BCUT2D eigenvalue weighted by atomic mass is 9.76. The fraction of sp³-hybridized carbons (Fsp3) is 0.125. The molecule has 3 aromatic carbocycles. The Morgan fingerprint density at radius 2 is 1.53 bits per heavy atom. The van der Waals surface area contributed by atoms with Crippen molar-refractivity contribution in [3.8, 4) is 23.0 Å². The lowest BCUT2D eigenvalue weighted by molar-refractivity contribution is 0.0224. The smallest absolute Gasteiger partial charge is 0.340 e. The minimum absolute atomic E-state index is 0.0431. The molecule has 2 heterocycles. The Morgan fingerprint density at radius 3 is 2.03 bits per heavy atom. The maximum absolute atomic E-state index is 13.3. The molecule has 1 spiro atoms. The van der Waals surface area contributed by atoms with Crippen molar-refractivity contribution in [1.82, 2.24) is 0 Å². The van der Waals surface area contributed by atoms with Crippen LogP contribution in [0.1, 0.15) is 61.6 Å². The molecule has 0 bridgehead atoms. The van der Waals surface area contributed by atoms with Crippen LogP contribution in [0.5, 0.6) is 23.0 Å². The highest BCUT2D eigenvalue weighted by molar-refractivity contribution is 6.15. The SMILES string of the molecule is CC(=O)c1cc2c(c(N=[N+]=[N-])c1C(C)=O)C(=O)OC21c2ccc(O)cc2Oc2cc(O)ccc21. The number of ketones is 2. The van der Waals surface area contributed by atoms with E-state index < -0.39 is 23.1 Å². The third kappa shape index (κ3) is 2.69. The minimum Gasteiger partial charge on any atom is -0.508 e. The van der Waals surface area contributed by atoms with Crippen LogP contribution < -0.4 is 4.74 Å². The van der Waals surface area contributed by atoms with E-state index in [2.05, 4.69) is 10.0 Å². The van der Waals surface area contributed by atoms with Gasteiger partial charge in [0.1, 0.15) is 23.0 Å². The monoisotopic (exact) mass is 457 g/mol. The number of nitrogens with zero attached hydrogens (tertiary/aromatic N) is 3. The molecule has 0 saturated heterocycles. The Labute approximate surface area is 191 Å². The van der Waals surface area contributed by atoms with Gasteiger partial charge in [-0.25, -0.2) is 4.79 Å². The summed E-state index contributed by atoms with van der Waals surface area (Å²) in [6.45, 7) is 2.45. The van der Waals surface area contributed by atoms with E-state index in [0.717, 1.165) is 0 Å². The number of phenolic OH excluding ortho intramolecular Hbond substituents is 2. The number of esters is 1. The topological polar surface area (TPSA) is 159 Å². The molecule has 2 N–H and O–H groups in total. The van der Waals surface area contributed by atoms with E-state index in [4.69, 9.17) is 9.47 Å². The highest BCUT2D eigenvalue weighted by atomic mass is 16.6. The Morgan fingerprint density at radius 1 is 0.941 bits per heavy atom. The zero-order chi connectivity index (χ0) is 24.4. The summed E-state index contributed by atoms with van der Waals surface area (Å²) in [5.74, 6) is -1.88. The van der Waals surface area contributed by atoms with Gasteiger partial charge in [0.2, 0.25) is 0 Å². The Balaban J connectivity index is 1.99. The molecule has 0 saturated carbocycles. The molecule has 0 amide bonds. The lowest BCUT2D eigenvalue weighted by Crippen LogP contribution is -2.33. The van der Waals surface area contributed by atoms with Crippen molar-refractivity contribution < 1.29 is 34.1 Å². The highest BCUT2D eigenvalue weighted by Gasteiger charge is 2.55. The van der Waals surface area contributed by atoms with Gasteiger partial charge in [0.05, 0.1) is 11.3 Å². The maximum Gasteiger partial charge on any atom is 0.340 e. The summed E-state index contributed by atoms with van der Waals surface area (Å²) >= 11 is 0. The van der Waals surface area contributed by atoms with E-state index in [1.54, 1.807) is 0 Å². The predicted molar refractivity (Wildman–Crippen MR) is 117 cm³/mol. The standard InChI is InChI=1S/C24H15N3O7/c1-10(28)14-9-17-21(22(26-27-25)20(14)11(2)29)23(32)34-24(17)15-5-3-12(30)7-18(15)33-19-8-13(31)4-6-16(19)24/h3-9,30-31H,1-2H3. The summed E-state index contributed by atoms with van der Waals surface area (Å²) in [5.41, 5.74) is 7.65. The van der Waals surface area contributed by atoms with E-state index in [1.165, 1.54) is 56.3 Å². The first-order chi connectivity index (χ1) is 16.2. The number of rotatable bonds is 3. The normalized spacial score (nSPS) is 14.2. The Hall–Kier alpha value is -4.82. The maximum atomic E-state index is 13.3. The molecule has 0 atom stereocenters. The zero-order valence-corrected chi connectivity index (χ0v) is 17.8. The molecule has 10 nitrogen and oxygen atoms in total. The molecular weight excluding hydrogens is 442 g/mol. The van der Waals surface area contributed by atoms with Crippen LogP contribution >= 0.6 is 0 Å². The Bertz CT molecular complexity index is 1470. The number of Topliss-reactive ketones (excluding diaryl/α,β-unsaturated/α-hetero) is 2. The van der Waals surface area contributed by atoms with Gasteiger partial charge in [-0.1, -0.05) is 5.11 Å². The molecule has 168 valence electrons. The summed E-state index contributed by atoms with van der Waals surface area (Å²) < 4.78 is 11.8. The number of benzene rings is 3. The van der Waals surface area contributed by atoms with Crippen LogP contribution in [0.4, 0.5) is 5.69 Å². The van der Waals surface area contributed by atoms with Gasteiger partial charge in [0.15, 0.2) is 17.2 Å². The van der Waals surface area contributed by atoms with Crippen molar-refractivity contribution in [1.29, 1.82) is 0 Å². The van der Waals surface area contributed by atoms with Crippen molar-refractivity contribution in [2.45, 2.75) is 19.4 Å². The number of fused-ring (bicyclic) bond motifs is 6. The lowest BCUT2D eigenvalue weighted by Gasteiger charge is -2.36. The van der Waals surface area contributed by atoms with Gasteiger partial charge in [0, 0.05) is 44.9 Å². The van der Waals surface area contributed by atoms with Crippen LogP contribution in [0.2, 0.25) is 0 Å². The number of carbonyl (C=O) groups is 3. The molecular formula is C24H15N3O7. The fourth-order valence-corrected chi connectivity index (χ4v) is 4.61. The second-order valence-electron chi connectivity index (χ2n) is 7.91. The van der Waals surface area contributed by atoms with Crippen LogP contribution in [0.3, 0.4) is 0 Å². The average molecular weight is 457 g/mol. The summed E-state index contributed by atoms with van der Waals surface area (Å²) in [6, 6.07) is 9.79. The van der Waals surface area contributed by atoms with Gasteiger partial charge < -0.3 is 19.7 Å². The van der Waals surface area contributed by atoms with Gasteiger partial charge in [-0.05, 0) is 49.7 Å². The van der Waals surface area contributed by atoms with Gasteiger partial charge in [-0.15, -0.1) is 0 Å². The molecule has 2 aliphatic rings. The van der Waals surface area contributed by atoms with E-state index in [1.807, 2.05) is 0 Å². The molecule has 5 rings (SSSR count). The van der Waals surface area contributed by atoms with Crippen molar-refractivity contribution in [2.75, 3.05) is 0 Å². The fourth-order valence-electron chi connectivity index (χ4n) is 4.61. The number of aromatic hydroxyl groups is 2. The van der Waals surface area contributed by atoms with E-state index in [0.29, 0.717) is 11.1 Å².